The summed E-state index contributed by atoms with van der Waals surface area (Å²) < 4.78 is 0. The molecule has 1 aromatic heterocycles. The van der Waals surface area contributed by atoms with Gasteiger partial charge in [-0.15, -0.1) is 0 Å². The normalized spacial score (nSPS) is 10.4. The molecule has 0 unspecified atom stereocenters. The third kappa shape index (κ3) is 2.44. The van der Waals surface area contributed by atoms with Gasteiger partial charge in [0.1, 0.15) is 5.75 Å². The number of aryl methyl sites for hydroxylation is 1. The standard InChI is InChI=1S/C12H12N2O3/c15-11-4-2-1-3-8(11)9-7-13-14-10(9)5-6-12(16)17/h1-4,7,15H,5-6H2,(H,13,14)(H,16,17). The Bertz CT molecular complexity index is 534. The highest BCUT2D eigenvalue weighted by Gasteiger charge is 2.11. The van der Waals surface area contributed by atoms with Crippen molar-refractivity contribution in [3.8, 4) is 16.9 Å². The number of phenolic OH excluding ortho intramolecular Hbond substituents is 1. The van der Waals surface area contributed by atoms with Crippen LogP contribution in [-0.2, 0) is 11.2 Å². The van der Waals surface area contributed by atoms with Crippen molar-refractivity contribution in [2.75, 3.05) is 0 Å². The summed E-state index contributed by atoms with van der Waals surface area (Å²) in [5.74, 6) is -0.701. The van der Waals surface area contributed by atoms with Crippen molar-refractivity contribution >= 4 is 5.97 Å². The highest BCUT2D eigenvalue weighted by atomic mass is 16.4. The molecule has 17 heavy (non-hydrogen) atoms. The number of H-pyrrole nitrogens is 1. The van der Waals surface area contributed by atoms with Crippen LogP contribution in [-0.4, -0.2) is 26.4 Å². The molecule has 0 fully saturated rings. The summed E-state index contributed by atoms with van der Waals surface area (Å²) in [6.07, 6.45) is 1.98. The van der Waals surface area contributed by atoms with Crippen LogP contribution in [0.3, 0.4) is 0 Å². The molecule has 2 aromatic rings. The van der Waals surface area contributed by atoms with Gasteiger partial charge in [-0.25, -0.2) is 0 Å². The summed E-state index contributed by atoms with van der Waals surface area (Å²) in [4.78, 5) is 10.5. The zero-order valence-corrected chi connectivity index (χ0v) is 9.05. The van der Waals surface area contributed by atoms with Crippen molar-refractivity contribution in [3.63, 3.8) is 0 Å². The molecule has 0 spiro atoms. The second kappa shape index (κ2) is 4.69. The van der Waals surface area contributed by atoms with Crippen LogP contribution < -0.4 is 0 Å². The Kier molecular flexibility index (Phi) is 3.09. The maximum atomic E-state index is 10.5. The summed E-state index contributed by atoms with van der Waals surface area (Å²) >= 11 is 0. The third-order valence-corrected chi connectivity index (χ3v) is 2.50. The minimum atomic E-state index is -0.858. The van der Waals surface area contributed by atoms with Crippen LogP contribution in [0.5, 0.6) is 5.75 Å². The molecule has 0 radical (unpaired) electrons. The molecule has 3 N–H and O–H groups in total. The average molecular weight is 232 g/mol. The van der Waals surface area contributed by atoms with Crippen molar-refractivity contribution in [3.05, 3.63) is 36.2 Å². The Morgan fingerprint density at radius 3 is 2.76 bits per heavy atom. The van der Waals surface area contributed by atoms with Crippen LogP contribution in [0.1, 0.15) is 12.1 Å². The molecule has 1 heterocycles. The number of aliphatic carboxylic acids is 1. The number of carboxylic acid groups (broad SMARTS) is 1. The minimum absolute atomic E-state index is 0.0305. The lowest BCUT2D eigenvalue weighted by molar-refractivity contribution is -0.136. The van der Waals surface area contributed by atoms with Crippen molar-refractivity contribution < 1.29 is 15.0 Å². The SMILES string of the molecule is O=C(O)CCc1[nH]ncc1-c1ccccc1O. The van der Waals surface area contributed by atoms with E-state index < -0.39 is 5.97 Å². The summed E-state index contributed by atoms with van der Waals surface area (Å²) in [7, 11) is 0. The fourth-order valence-corrected chi connectivity index (χ4v) is 1.67. The molecule has 0 saturated heterocycles. The highest BCUT2D eigenvalue weighted by Crippen LogP contribution is 2.30. The summed E-state index contributed by atoms with van der Waals surface area (Å²) in [5.41, 5.74) is 2.11. The van der Waals surface area contributed by atoms with Crippen LogP contribution in [0.4, 0.5) is 0 Å². The number of rotatable bonds is 4. The summed E-state index contributed by atoms with van der Waals surface area (Å²) in [6, 6.07) is 6.90. The van der Waals surface area contributed by atoms with Gasteiger partial charge in [-0.2, -0.15) is 5.10 Å². The number of hydrogen-bond donors (Lipinski definition) is 3. The van der Waals surface area contributed by atoms with Gasteiger partial charge >= 0.3 is 5.97 Å². The van der Waals surface area contributed by atoms with Crippen LogP contribution in [0.2, 0.25) is 0 Å². The quantitative estimate of drug-likeness (QED) is 0.750. The van der Waals surface area contributed by atoms with Gasteiger partial charge in [0, 0.05) is 23.2 Å². The number of aromatic nitrogens is 2. The van der Waals surface area contributed by atoms with E-state index in [2.05, 4.69) is 10.2 Å². The summed E-state index contributed by atoms with van der Waals surface area (Å²) in [6.45, 7) is 0. The molecule has 1 aromatic carbocycles. The number of nitrogens with one attached hydrogen (secondary N) is 1. The third-order valence-electron chi connectivity index (χ3n) is 2.50. The Labute approximate surface area is 97.7 Å². The van der Waals surface area contributed by atoms with Crippen molar-refractivity contribution in [2.24, 2.45) is 0 Å². The molecule has 0 bridgehead atoms. The Balaban J connectivity index is 2.31. The van der Waals surface area contributed by atoms with Gasteiger partial charge < -0.3 is 10.2 Å². The van der Waals surface area contributed by atoms with E-state index in [9.17, 15) is 9.90 Å². The average Bonchev–Trinajstić information content (AvgIpc) is 2.75. The second-order valence-corrected chi connectivity index (χ2v) is 3.67. The van der Waals surface area contributed by atoms with Gasteiger partial charge in [-0.3, -0.25) is 9.89 Å². The number of aromatic amines is 1. The van der Waals surface area contributed by atoms with E-state index in [0.717, 1.165) is 5.56 Å². The molecule has 0 amide bonds. The molecular weight excluding hydrogens is 220 g/mol. The smallest absolute Gasteiger partial charge is 0.303 e. The lowest BCUT2D eigenvalue weighted by Crippen LogP contribution is -1.98. The Morgan fingerprint density at radius 1 is 1.29 bits per heavy atom. The number of para-hydroxylation sites is 1. The maximum Gasteiger partial charge on any atom is 0.303 e. The zero-order valence-electron chi connectivity index (χ0n) is 9.05. The number of aromatic hydroxyl groups is 1. The van der Waals surface area contributed by atoms with Gasteiger partial charge in [-0.1, -0.05) is 18.2 Å². The first kappa shape index (κ1) is 11.2. The molecule has 0 atom stereocenters. The lowest BCUT2D eigenvalue weighted by Gasteiger charge is -2.04. The van der Waals surface area contributed by atoms with Gasteiger partial charge in [0.2, 0.25) is 0 Å². The fourth-order valence-electron chi connectivity index (χ4n) is 1.67. The number of benzene rings is 1. The van der Waals surface area contributed by atoms with Crippen molar-refractivity contribution in [1.29, 1.82) is 0 Å². The van der Waals surface area contributed by atoms with Crippen molar-refractivity contribution in [2.45, 2.75) is 12.8 Å². The number of carboxylic acids is 1. The minimum Gasteiger partial charge on any atom is -0.507 e. The zero-order chi connectivity index (χ0) is 12.3. The molecule has 88 valence electrons. The van der Waals surface area contributed by atoms with E-state index in [0.29, 0.717) is 17.7 Å². The topological polar surface area (TPSA) is 86.2 Å². The second-order valence-electron chi connectivity index (χ2n) is 3.67. The first-order valence-corrected chi connectivity index (χ1v) is 5.21. The molecule has 2 rings (SSSR count). The fraction of sp³-hybridized carbons (Fsp3) is 0.167. The largest absolute Gasteiger partial charge is 0.507 e. The van der Waals surface area contributed by atoms with Crippen LogP contribution in [0, 0.1) is 0 Å². The Hall–Kier alpha value is -2.30. The maximum absolute atomic E-state index is 10.5. The molecule has 0 aliphatic heterocycles. The van der Waals surface area contributed by atoms with Gasteiger partial charge in [0.05, 0.1) is 12.6 Å². The molecule has 5 heteroatoms. The predicted octanol–water partition coefficient (Wildman–Crippen LogP) is 1.80. The molecule has 0 aliphatic rings. The summed E-state index contributed by atoms with van der Waals surface area (Å²) in [5, 5.41) is 25.0. The molecule has 0 saturated carbocycles. The van der Waals surface area contributed by atoms with Crippen molar-refractivity contribution in [1.82, 2.24) is 10.2 Å². The molecule has 0 aliphatic carbocycles. The van der Waals surface area contributed by atoms with Crippen LogP contribution in [0.25, 0.3) is 11.1 Å². The number of phenols is 1. The first-order valence-electron chi connectivity index (χ1n) is 5.21. The van der Waals surface area contributed by atoms with E-state index in [1.807, 2.05) is 6.07 Å². The van der Waals surface area contributed by atoms with Gasteiger partial charge in [0.15, 0.2) is 0 Å². The molecule has 5 nitrogen and oxygen atoms in total. The van der Waals surface area contributed by atoms with E-state index >= 15 is 0 Å². The highest BCUT2D eigenvalue weighted by molar-refractivity contribution is 5.72. The first-order chi connectivity index (χ1) is 8.18. The van der Waals surface area contributed by atoms with Gasteiger partial charge in [0.25, 0.3) is 0 Å². The van der Waals surface area contributed by atoms with E-state index in [1.54, 1.807) is 24.4 Å². The number of nitrogens with zero attached hydrogens (tertiary/aromatic N) is 1. The molecular formula is C12H12N2O3. The Morgan fingerprint density at radius 2 is 2.06 bits per heavy atom. The number of carbonyl (C=O) groups is 1. The monoisotopic (exact) mass is 232 g/mol. The van der Waals surface area contributed by atoms with Gasteiger partial charge in [-0.05, 0) is 6.07 Å². The van der Waals surface area contributed by atoms with E-state index in [-0.39, 0.29) is 12.2 Å². The van der Waals surface area contributed by atoms with E-state index in [4.69, 9.17) is 5.11 Å². The lowest BCUT2D eigenvalue weighted by atomic mass is 10.0. The van der Waals surface area contributed by atoms with Crippen LogP contribution in [0.15, 0.2) is 30.5 Å². The predicted molar refractivity (Wildman–Crippen MR) is 61.6 cm³/mol. The van der Waals surface area contributed by atoms with E-state index in [1.165, 1.54) is 0 Å². The van der Waals surface area contributed by atoms with Crippen LogP contribution >= 0.6 is 0 Å². The number of hydrogen-bond acceptors (Lipinski definition) is 3.